The Hall–Kier alpha value is -3.00. The molecule has 0 radical (unpaired) electrons. The number of nitrogens with zero attached hydrogens (tertiary/aromatic N) is 4. The van der Waals surface area contributed by atoms with Gasteiger partial charge < -0.3 is 9.88 Å². The Balaban J connectivity index is 1.42. The van der Waals surface area contributed by atoms with Crippen LogP contribution in [0.4, 0.5) is 4.39 Å². The van der Waals surface area contributed by atoms with Crippen LogP contribution in [-0.4, -0.2) is 43.8 Å². The van der Waals surface area contributed by atoms with Crippen molar-refractivity contribution >= 4 is 39.7 Å². The summed E-state index contributed by atoms with van der Waals surface area (Å²) in [5.74, 6) is -0.157. The highest BCUT2D eigenvalue weighted by Crippen LogP contribution is 2.23. The van der Waals surface area contributed by atoms with Gasteiger partial charge in [0.1, 0.15) is 11.3 Å². The van der Waals surface area contributed by atoms with Gasteiger partial charge in [0.05, 0.1) is 5.75 Å². The minimum absolute atomic E-state index is 0.0651. The predicted molar refractivity (Wildman–Crippen MR) is 103 cm³/mol. The molecule has 8 heteroatoms. The van der Waals surface area contributed by atoms with E-state index in [2.05, 4.69) is 20.2 Å². The average Bonchev–Trinajstić information content (AvgIpc) is 3.05. The van der Waals surface area contributed by atoms with Gasteiger partial charge in [-0.05, 0) is 23.8 Å². The molecular formula is C19H16FN5OS. The van der Waals surface area contributed by atoms with E-state index in [9.17, 15) is 9.18 Å². The molecule has 4 rings (SSSR count). The first-order valence-corrected chi connectivity index (χ1v) is 9.31. The van der Waals surface area contributed by atoms with Crippen LogP contribution in [-0.2, 0) is 11.3 Å². The minimum atomic E-state index is -0.291. The molecule has 0 fully saturated rings. The monoisotopic (exact) mass is 381 g/mol. The quantitative estimate of drug-likeness (QED) is 0.536. The molecule has 27 heavy (non-hydrogen) atoms. The van der Waals surface area contributed by atoms with Crippen LogP contribution in [0.5, 0.6) is 0 Å². The van der Waals surface area contributed by atoms with Crippen molar-refractivity contribution < 1.29 is 9.18 Å². The molecule has 0 atom stereocenters. The molecule has 4 aromatic rings. The third-order valence-corrected chi connectivity index (χ3v) is 5.01. The maximum Gasteiger partial charge on any atom is 0.233 e. The van der Waals surface area contributed by atoms with Gasteiger partial charge in [0.25, 0.3) is 0 Å². The fourth-order valence-electron chi connectivity index (χ4n) is 2.76. The molecule has 6 nitrogen and oxygen atoms in total. The van der Waals surface area contributed by atoms with E-state index in [0.717, 1.165) is 22.0 Å². The molecule has 1 amide bonds. The van der Waals surface area contributed by atoms with Crippen LogP contribution < -0.4 is 0 Å². The zero-order valence-electron chi connectivity index (χ0n) is 14.5. The number of thioether (sulfide) groups is 1. The van der Waals surface area contributed by atoms with Crippen molar-refractivity contribution in [2.45, 2.75) is 11.7 Å². The van der Waals surface area contributed by atoms with E-state index in [4.69, 9.17) is 0 Å². The molecule has 0 spiro atoms. The van der Waals surface area contributed by atoms with E-state index in [1.807, 2.05) is 24.3 Å². The number of hydrogen-bond donors (Lipinski definition) is 1. The van der Waals surface area contributed by atoms with Crippen molar-refractivity contribution in [1.82, 2.24) is 25.1 Å². The molecule has 1 N–H and O–H groups in total. The van der Waals surface area contributed by atoms with Crippen molar-refractivity contribution in [1.29, 1.82) is 0 Å². The van der Waals surface area contributed by atoms with Crippen molar-refractivity contribution in [2.75, 3.05) is 12.8 Å². The van der Waals surface area contributed by atoms with E-state index in [1.165, 1.54) is 23.9 Å². The average molecular weight is 381 g/mol. The highest BCUT2D eigenvalue weighted by Gasteiger charge is 2.13. The third kappa shape index (κ3) is 3.75. The van der Waals surface area contributed by atoms with Crippen molar-refractivity contribution in [3.8, 4) is 0 Å². The number of hydrogen-bond acceptors (Lipinski definition) is 5. The van der Waals surface area contributed by atoms with Crippen LogP contribution in [0.2, 0.25) is 0 Å². The number of nitrogens with one attached hydrogen (secondary N) is 1. The minimum Gasteiger partial charge on any atom is -0.341 e. The van der Waals surface area contributed by atoms with Gasteiger partial charge in [0, 0.05) is 24.5 Å². The molecule has 0 aliphatic carbocycles. The van der Waals surface area contributed by atoms with Gasteiger partial charge in [-0.2, -0.15) is 0 Å². The normalized spacial score (nSPS) is 11.2. The number of H-pyrrole nitrogens is 1. The highest BCUT2D eigenvalue weighted by molar-refractivity contribution is 7.99. The molecule has 2 aromatic heterocycles. The molecule has 0 saturated carbocycles. The lowest BCUT2D eigenvalue weighted by molar-refractivity contribution is -0.127. The fourth-order valence-corrected chi connectivity index (χ4v) is 3.48. The summed E-state index contributed by atoms with van der Waals surface area (Å²) in [4.78, 5) is 21.6. The Morgan fingerprint density at radius 1 is 1.15 bits per heavy atom. The Labute approximate surface area is 158 Å². The van der Waals surface area contributed by atoms with Crippen LogP contribution >= 0.6 is 11.8 Å². The Morgan fingerprint density at radius 2 is 1.93 bits per heavy atom. The van der Waals surface area contributed by atoms with Crippen molar-refractivity contribution in [3.05, 3.63) is 59.9 Å². The van der Waals surface area contributed by atoms with E-state index in [0.29, 0.717) is 17.3 Å². The Bertz CT molecular complexity index is 1110. The second-order valence-electron chi connectivity index (χ2n) is 6.13. The van der Waals surface area contributed by atoms with Crippen LogP contribution in [0.3, 0.4) is 0 Å². The summed E-state index contributed by atoms with van der Waals surface area (Å²) in [5, 5.41) is 9.78. The van der Waals surface area contributed by atoms with Crippen LogP contribution in [0.1, 0.15) is 5.56 Å². The number of benzene rings is 2. The first kappa shape index (κ1) is 17.4. The van der Waals surface area contributed by atoms with Gasteiger partial charge in [-0.3, -0.25) is 4.79 Å². The van der Waals surface area contributed by atoms with E-state index < -0.39 is 0 Å². The number of carbonyl (C=O) groups is 1. The number of para-hydroxylation sites is 1. The smallest absolute Gasteiger partial charge is 0.233 e. The second kappa shape index (κ2) is 7.32. The standard InChI is InChI=1S/C19H16FN5OS/c1-25(10-12-6-8-13(20)9-7-12)16(26)11-27-19-22-18-17(23-24-19)14-4-2-3-5-15(14)21-18/h2-9H,10-11H2,1H3,(H,21,22,24). The highest BCUT2D eigenvalue weighted by atomic mass is 32.2. The number of fused-ring (bicyclic) bond motifs is 3. The van der Waals surface area contributed by atoms with E-state index in [-0.39, 0.29) is 17.5 Å². The van der Waals surface area contributed by atoms with Gasteiger partial charge in [0.15, 0.2) is 5.65 Å². The van der Waals surface area contributed by atoms with Gasteiger partial charge >= 0.3 is 0 Å². The SMILES string of the molecule is CN(Cc1ccc(F)cc1)C(=O)CSc1nnc2c(n1)[nH]c1ccccc12. The number of rotatable bonds is 5. The molecule has 0 aliphatic heterocycles. The van der Waals surface area contributed by atoms with Crippen molar-refractivity contribution in [3.63, 3.8) is 0 Å². The van der Waals surface area contributed by atoms with Crippen LogP contribution in [0.15, 0.2) is 53.7 Å². The topological polar surface area (TPSA) is 74.8 Å². The van der Waals surface area contributed by atoms with E-state index >= 15 is 0 Å². The summed E-state index contributed by atoms with van der Waals surface area (Å²) in [6.45, 7) is 0.417. The third-order valence-electron chi connectivity index (χ3n) is 4.19. The zero-order valence-corrected chi connectivity index (χ0v) is 15.3. The first-order chi connectivity index (χ1) is 13.1. The van der Waals surface area contributed by atoms with Crippen LogP contribution in [0.25, 0.3) is 22.1 Å². The fraction of sp³-hybridized carbons (Fsp3) is 0.158. The molecule has 0 aliphatic rings. The number of amides is 1. The van der Waals surface area contributed by atoms with Gasteiger partial charge in [-0.1, -0.05) is 42.1 Å². The van der Waals surface area contributed by atoms with Gasteiger partial charge in [-0.15, -0.1) is 10.2 Å². The number of halogens is 1. The number of carbonyl (C=O) groups excluding carboxylic acids is 1. The number of aromatic nitrogens is 4. The molecular weight excluding hydrogens is 365 g/mol. The summed E-state index contributed by atoms with van der Waals surface area (Å²) in [6.07, 6.45) is 0. The van der Waals surface area contributed by atoms with Gasteiger partial charge in [-0.25, -0.2) is 9.37 Å². The lowest BCUT2D eigenvalue weighted by Crippen LogP contribution is -2.27. The first-order valence-electron chi connectivity index (χ1n) is 8.32. The largest absolute Gasteiger partial charge is 0.341 e. The summed E-state index contributed by atoms with van der Waals surface area (Å²) in [7, 11) is 1.71. The molecule has 0 saturated heterocycles. The van der Waals surface area contributed by atoms with Gasteiger partial charge in [0.2, 0.25) is 11.1 Å². The summed E-state index contributed by atoms with van der Waals surface area (Å²) >= 11 is 1.24. The maximum absolute atomic E-state index is 13.0. The van der Waals surface area contributed by atoms with Crippen molar-refractivity contribution in [2.24, 2.45) is 0 Å². The summed E-state index contributed by atoms with van der Waals surface area (Å²) in [6, 6.07) is 13.9. The molecule has 0 unspecified atom stereocenters. The summed E-state index contributed by atoms with van der Waals surface area (Å²) in [5.41, 5.74) is 3.19. The predicted octanol–water partition coefficient (Wildman–Crippen LogP) is 3.40. The Kier molecular flexibility index (Phi) is 4.72. The lowest BCUT2D eigenvalue weighted by atomic mass is 10.2. The second-order valence-corrected chi connectivity index (χ2v) is 7.07. The van der Waals surface area contributed by atoms with E-state index in [1.54, 1.807) is 24.1 Å². The molecule has 0 bridgehead atoms. The molecule has 2 aromatic carbocycles. The lowest BCUT2D eigenvalue weighted by Gasteiger charge is -2.16. The molecule has 136 valence electrons. The Morgan fingerprint density at radius 3 is 2.74 bits per heavy atom. The zero-order chi connectivity index (χ0) is 18.8. The molecule has 2 heterocycles. The maximum atomic E-state index is 13.0. The summed E-state index contributed by atoms with van der Waals surface area (Å²) < 4.78 is 13.0. The number of aromatic amines is 1. The van der Waals surface area contributed by atoms with Crippen LogP contribution in [0, 0.1) is 5.82 Å².